The van der Waals surface area contributed by atoms with E-state index in [9.17, 15) is 0 Å². The van der Waals surface area contributed by atoms with Gasteiger partial charge < -0.3 is 15.0 Å². The Labute approximate surface area is 110 Å². The van der Waals surface area contributed by atoms with Gasteiger partial charge in [-0.25, -0.2) is 0 Å². The number of nitrogens with zero attached hydrogens (tertiary/aromatic N) is 1. The van der Waals surface area contributed by atoms with Crippen molar-refractivity contribution in [1.82, 2.24) is 0 Å². The van der Waals surface area contributed by atoms with Crippen molar-refractivity contribution < 1.29 is 4.74 Å². The molecule has 0 atom stereocenters. The van der Waals surface area contributed by atoms with Crippen molar-refractivity contribution in [3.63, 3.8) is 0 Å². The molecule has 1 aromatic carbocycles. The molecule has 1 saturated carbocycles. The number of ether oxygens (including phenoxy) is 1. The Morgan fingerprint density at radius 3 is 2.50 bits per heavy atom. The monoisotopic (exact) mass is 248 g/mol. The SMILES string of the molecule is COC1CCC(Nc2cccc(N(C)C)c2)CC1. The number of nitrogens with one attached hydrogen (secondary N) is 1. The van der Waals surface area contributed by atoms with Crippen LogP contribution >= 0.6 is 0 Å². The maximum absolute atomic E-state index is 5.41. The molecule has 0 spiro atoms. The fourth-order valence-corrected chi connectivity index (χ4v) is 2.55. The van der Waals surface area contributed by atoms with Crippen LogP contribution in [-0.4, -0.2) is 33.4 Å². The molecule has 2 rings (SSSR count). The van der Waals surface area contributed by atoms with E-state index < -0.39 is 0 Å². The minimum absolute atomic E-state index is 0.469. The first-order valence-corrected chi connectivity index (χ1v) is 6.76. The zero-order chi connectivity index (χ0) is 13.0. The summed E-state index contributed by atoms with van der Waals surface area (Å²) >= 11 is 0. The van der Waals surface area contributed by atoms with Crippen LogP contribution in [0.5, 0.6) is 0 Å². The minimum Gasteiger partial charge on any atom is -0.382 e. The maximum atomic E-state index is 5.41. The van der Waals surface area contributed by atoms with Crippen LogP contribution in [0.4, 0.5) is 11.4 Å². The van der Waals surface area contributed by atoms with Crippen molar-refractivity contribution in [1.29, 1.82) is 0 Å². The van der Waals surface area contributed by atoms with E-state index >= 15 is 0 Å². The summed E-state index contributed by atoms with van der Waals surface area (Å²) in [4.78, 5) is 2.13. The molecule has 3 nitrogen and oxygen atoms in total. The van der Waals surface area contributed by atoms with Gasteiger partial charge in [0.15, 0.2) is 0 Å². The summed E-state index contributed by atoms with van der Waals surface area (Å²) < 4.78 is 5.41. The number of anilines is 2. The van der Waals surface area contributed by atoms with Gasteiger partial charge >= 0.3 is 0 Å². The second kappa shape index (κ2) is 6.10. The standard InChI is InChI=1S/C15H24N2O/c1-17(2)14-6-4-5-13(11-14)16-12-7-9-15(18-3)10-8-12/h4-6,11-12,15-16H,7-10H2,1-3H3. The van der Waals surface area contributed by atoms with E-state index in [4.69, 9.17) is 4.74 Å². The zero-order valence-electron chi connectivity index (χ0n) is 11.6. The first-order valence-electron chi connectivity index (χ1n) is 6.76. The van der Waals surface area contributed by atoms with Crippen molar-refractivity contribution >= 4 is 11.4 Å². The first kappa shape index (κ1) is 13.2. The van der Waals surface area contributed by atoms with E-state index in [0.717, 1.165) is 0 Å². The summed E-state index contributed by atoms with van der Waals surface area (Å²) in [7, 11) is 5.96. The zero-order valence-corrected chi connectivity index (χ0v) is 11.6. The molecule has 0 radical (unpaired) electrons. The number of methoxy groups -OCH3 is 1. The van der Waals surface area contributed by atoms with E-state index in [2.05, 4.69) is 48.6 Å². The molecular weight excluding hydrogens is 224 g/mol. The molecule has 1 fully saturated rings. The third-order valence-electron chi connectivity index (χ3n) is 3.74. The molecule has 100 valence electrons. The lowest BCUT2D eigenvalue weighted by molar-refractivity contribution is 0.0682. The molecule has 0 heterocycles. The van der Waals surface area contributed by atoms with Crippen LogP contribution < -0.4 is 10.2 Å². The highest BCUT2D eigenvalue weighted by atomic mass is 16.5. The minimum atomic E-state index is 0.469. The summed E-state index contributed by atoms with van der Waals surface area (Å²) in [6, 6.07) is 9.19. The highest BCUT2D eigenvalue weighted by molar-refractivity contribution is 5.57. The molecule has 0 unspecified atom stereocenters. The number of hydrogen-bond donors (Lipinski definition) is 1. The highest BCUT2D eigenvalue weighted by Crippen LogP contribution is 2.25. The van der Waals surface area contributed by atoms with Gasteiger partial charge in [-0.3, -0.25) is 0 Å². The van der Waals surface area contributed by atoms with Gasteiger partial charge in [-0.2, -0.15) is 0 Å². The fourth-order valence-electron chi connectivity index (χ4n) is 2.55. The van der Waals surface area contributed by atoms with Crippen molar-refractivity contribution in [3.05, 3.63) is 24.3 Å². The van der Waals surface area contributed by atoms with Crippen LogP contribution in [0.2, 0.25) is 0 Å². The van der Waals surface area contributed by atoms with Gasteiger partial charge in [0.05, 0.1) is 6.10 Å². The number of hydrogen-bond acceptors (Lipinski definition) is 3. The van der Waals surface area contributed by atoms with E-state index in [1.54, 1.807) is 0 Å². The van der Waals surface area contributed by atoms with Gasteiger partial charge in [-0.05, 0) is 43.9 Å². The number of rotatable bonds is 4. The smallest absolute Gasteiger partial charge is 0.0572 e. The number of benzene rings is 1. The fraction of sp³-hybridized carbons (Fsp3) is 0.600. The predicted molar refractivity (Wildman–Crippen MR) is 77.4 cm³/mol. The van der Waals surface area contributed by atoms with Crippen LogP contribution in [0, 0.1) is 0 Å². The van der Waals surface area contributed by atoms with Gasteiger partial charge in [0.2, 0.25) is 0 Å². The van der Waals surface area contributed by atoms with E-state index in [-0.39, 0.29) is 0 Å². The maximum Gasteiger partial charge on any atom is 0.0572 e. The lowest BCUT2D eigenvalue weighted by Crippen LogP contribution is -2.29. The second-order valence-corrected chi connectivity index (χ2v) is 5.30. The van der Waals surface area contributed by atoms with Crippen LogP contribution in [0.15, 0.2) is 24.3 Å². The topological polar surface area (TPSA) is 24.5 Å². The molecule has 0 amide bonds. The summed E-state index contributed by atoms with van der Waals surface area (Å²) in [6.45, 7) is 0. The van der Waals surface area contributed by atoms with E-state index in [1.807, 2.05) is 7.11 Å². The molecule has 0 bridgehead atoms. The Hall–Kier alpha value is -1.22. The molecule has 1 aliphatic rings. The lowest BCUT2D eigenvalue weighted by atomic mass is 9.93. The average molecular weight is 248 g/mol. The Bertz CT molecular complexity index is 371. The van der Waals surface area contributed by atoms with Crippen LogP contribution in [-0.2, 0) is 4.74 Å². The van der Waals surface area contributed by atoms with Gasteiger partial charge in [0.25, 0.3) is 0 Å². The molecule has 0 aliphatic heterocycles. The third-order valence-corrected chi connectivity index (χ3v) is 3.74. The van der Waals surface area contributed by atoms with Crippen molar-refractivity contribution in [2.45, 2.75) is 37.8 Å². The third kappa shape index (κ3) is 3.39. The summed E-state index contributed by atoms with van der Waals surface area (Å²) in [5.41, 5.74) is 2.47. The Balaban J connectivity index is 1.92. The molecule has 0 aromatic heterocycles. The van der Waals surface area contributed by atoms with Crippen LogP contribution in [0.1, 0.15) is 25.7 Å². The Morgan fingerprint density at radius 2 is 1.89 bits per heavy atom. The molecule has 1 aliphatic carbocycles. The van der Waals surface area contributed by atoms with Crippen molar-refractivity contribution in [2.75, 3.05) is 31.4 Å². The quantitative estimate of drug-likeness (QED) is 0.886. The van der Waals surface area contributed by atoms with Gasteiger partial charge in [0, 0.05) is 38.6 Å². The van der Waals surface area contributed by atoms with Gasteiger partial charge in [0.1, 0.15) is 0 Å². The molecule has 1 N–H and O–H groups in total. The molecule has 0 saturated heterocycles. The van der Waals surface area contributed by atoms with Crippen molar-refractivity contribution in [3.8, 4) is 0 Å². The average Bonchev–Trinajstić information content (AvgIpc) is 2.40. The Kier molecular flexibility index (Phi) is 4.48. The molecule has 1 aromatic rings. The van der Waals surface area contributed by atoms with E-state index in [0.29, 0.717) is 12.1 Å². The molecule has 3 heteroatoms. The molecular formula is C15H24N2O. The largest absolute Gasteiger partial charge is 0.382 e. The highest BCUT2D eigenvalue weighted by Gasteiger charge is 2.20. The lowest BCUT2D eigenvalue weighted by Gasteiger charge is -2.29. The second-order valence-electron chi connectivity index (χ2n) is 5.30. The van der Waals surface area contributed by atoms with E-state index in [1.165, 1.54) is 37.1 Å². The van der Waals surface area contributed by atoms with Gasteiger partial charge in [-0.15, -0.1) is 0 Å². The summed E-state index contributed by atoms with van der Waals surface area (Å²) in [5.74, 6) is 0. The summed E-state index contributed by atoms with van der Waals surface area (Å²) in [5, 5.41) is 3.64. The Morgan fingerprint density at radius 1 is 1.17 bits per heavy atom. The predicted octanol–water partition coefficient (Wildman–Crippen LogP) is 3.12. The molecule has 18 heavy (non-hydrogen) atoms. The van der Waals surface area contributed by atoms with Gasteiger partial charge in [-0.1, -0.05) is 6.07 Å². The van der Waals surface area contributed by atoms with Crippen LogP contribution in [0.3, 0.4) is 0 Å². The van der Waals surface area contributed by atoms with Crippen LogP contribution in [0.25, 0.3) is 0 Å². The first-order chi connectivity index (χ1) is 8.69. The summed E-state index contributed by atoms with van der Waals surface area (Å²) in [6.07, 6.45) is 5.20. The normalized spacial score (nSPS) is 23.7. The van der Waals surface area contributed by atoms with Crippen molar-refractivity contribution in [2.24, 2.45) is 0 Å².